The Hall–Kier alpha value is -1.89. The van der Waals surface area contributed by atoms with Gasteiger partial charge in [-0.05, 0) is 32.8 Å². The van der Waals surface area contributed by atoms with E-state index in [0.717, 1.165) is 19.3 Å². The molecule has 0 bridgehead atoms. The van der Waals surface area contributed by atoms with Gasteiger partial charge in [-0.1, -0.05) is 0 Å². The summed E-state index contributed by atoms with van der Waals surface area (Å²) in [4.78, 5) is 26.7. The Bertz CT molecular complexity index is 598. The molecule has 2 aliphatic rings. The Morgan fingerprint density at radius 1 is 1.52 bits per heavy atom. The van der Waals surface area contributed by atoms with Gasteiger partial charge in [-0.2, -0.15) is 5.10 Å². The molecule has 0 unspecified atom stereocenters. The van der Waals surface area contributed by atoms with Crippen molar-refractivity contribution in [2.45, 2.75) is 56.8 Å². The number of carbonyl (C=O) groups is 2. The summed E-state index contributed by atoms with van der Waals surface area (Å²) in [7, 11) is 1.62. The zero-order valence-corrected chi connectivity index (χ0v) is 13.9. The fraction of sp³-hybridized carbons (Fsp3) is 0.688. The summed E-state index contributed by atoms with van der Waals surface area (Å²) in [6.07, 6.45) is 4.08. The minimum absolute atomic E-state index is 0.0621. The molecule has 2 saturated heterocycles. The fourth-order valence-corrected chi connectivity index (χ4v) is 4.13. The van der Waals surface area contributed by atoms with Gasteiger partial charge in [0.1, 0.15) is 5.69 Å². The highest BCUT2D eigenvalue weighted by Crippen LogP contribution is 2.49. The van der Waals surface area contributed by atoms with E-state index in [9.17, 15) is 9.59 Å². The number of H-pyrrole nitrogens is 1. The van der Waals surface area contributed by atoms with Crippen molar-refractivity contribution in [3.63, 3.8) is 0 Å². The van der Waals surface area contributed by atoms with Crippen LogP contribution in [-0.2, 0) is 9.53 Å². The molecule has 0 aliphatic carbocycles. The van der Waals surface area contributed by atoms with Crippen LogP contribution in [0.3, 0.4) is 0 Å². The Labute approximate surface area is 135 Å². The molecular formula is C16H24N4O3. The first kappa shape index (κ1) is 16.0. The van der Waals surface area contributed by atoms with Gasteiger partial charge in [0, 0.05) is 26.2 Å². The summed E-state index contributed by atoms with van der Waals surface area (Å²) in [6.45, 7) is 4.73. The van der Waals surface area contributed by atoms with Crippen LogP contribution in [0.25, 0.3) is 0 Å². The van der Waals surface area contributed by atoms with Crippen LogP contribution in [0, 0.1) is 0 Å². The molecule has 3 rings (SSSR count). The van der Waals surface area contributed by atoms with Crippen molar-refractivity contribution in [3.05, 3.63) is 18.0 Å². The van der Waals surface area contributed by atoms with Crippen molar-refractivity contribution < 1.29 is 14.3 Å². The average Bonchev–Trinajstić information content (AvgIpc) is 3.19. The highest BCUT2D eigenvalue weighted by atomic mass is 16.5. The second-order valence-corrected chi connectivity index (χ2v) is 7.05. The first-order valence-electron chi connectivity index (χ1n) is 8.08. The standard InChI is InChI=1S/C16H24N4O3/c1-15(2)10-16(12(23-15)9-13(21)17-3)6-4-8-20(16)14(22)11-5-7-18-19-11/h5,7,12H,4,6,8-10H2,1-3H3,(H,17,21)(H,18,19)/t12-,16+/m0/s1. The summed E-state index contributed by atoms with van der Waals surface area (Å²) in [5, 5.41) is 9.28. The van der Waals surface area contributed by atoms with Gasteiger partial charge in [0.2, 0.25) is 5.91 Å². The number of hydrogen-bond donors (Lipinski definition) is 2. The van der Waals surface area contributed by atoms with Gasteiger partial charge < -0.3 is 15.0 Å². The molecule has 7 heteroatoms. The predicted octanol–water partition coefficient (Wildman–Crippen LogP) is 1.09. The molecule has 0 radical (unpaired) electrons. The van der Waals surface area contributed by atoms with E-state index < -0.39 is 5.54 Å². The largest absolute Gasteiger partial charge is 0.369 e. The molecule has 0 aromatic carbocycles. The number of nitrogens with zero attached hydrogens (tertiary/aromatic N) is 2. The van der Waals surface area contributed by atoms with Crippen molar-refractivity contribution in [2.75, 3.05) is 13.6 Å². The molecule has 1 aromatic rings. The van der Waals surface area contributed by atoms with E-state index in [1.165, 1.54) is 0 Å². The van der Waals surface area contributed by atoms with Crippen LogP contribution in [0.15, 0.2) is 12.3 Å². The molecule has 23 heavy (non-hydrogen) atoms. The maximum atomic E-state index is 12.9. The highest BCUT2D eigenvalue weighted by Gasteiger charge is 2.58. The molecule has 126 valence electrons. The van der Waals surface area contributed by atoms with Gasteiger partial charge in [-0.25, -0.2) is 0 Å². The van der Waals surface area contributed by atoms with E-state index in [1.54, 1.807) is 19.3 Å². The van der Waals surface area contributed by atoms with Gasteiger partial charge in [0.05, 0.1) is 23.7 Å². The van der Waals surface area contributed by atoms with Crippen molar-refractivity contribution >= 4 is 11.8 Å². The van der Waals surface area contributed by atoms with Gasteiger partial charge in [0.15, 0.2) is 0 Å². The van der Waals surface area contributed by atoms with Crippen LogP contribution in [0.5, 0.6) is 0 Å². The Kier molecular flexibility index (Phi) is 3.91. The summed E-state index contributed by atoms with van der Waals surface area (Å²) in [5.41, 5.74) is -0.289. The van der Waals surface area contributed by atoms with Gasteiger partial charge in [-0.15, -0.1) is 0 Å². The van der Waals surface area contributed by atoms with Crippen LogP contribution in [0.2, 0.25) is 0 Å². The van der Waals surface area contributed by atoms with Crippen LogP contribution in [-0.4, -0.2) is 57.7 Å². The van der Waals surface area contributed by atoms with Crippen molar-refractivity contribution in [1.29, 1.82) is 0 Å². The molecular weight excluding hydrogens is 296 g/mol. The number of nitrogens with one attached hydrogen (secondary N) is 2. The second kappa shape index (κ2) is 5.63. The molecule has 2 fully saturated rings. The molecule has 2 amide bonds. The molecule has 7 nitrogen and oxygen atoms in total. The third kappa shape index (κ3) is 2.73. The zero-order chi connectivity index (χ0) is 16.7. The zero-order valence-electron chi connectivity index (χ0n) is 13.9. The summed E-state index contributed by atoms with van der Waals surface area (Å²) in [5.74, 6) is -0.129. The van der Waals surface area contributed by atoms with Crippen LogP contribution in [0.1, 0.15) is 50.0 Å². The van der Waals surface area contributed by atoms with E-state index in [4.69, 9.17) is 4.74 Å². The van der Waals surface area contributed by atoms with Crippen molar-refractivity contribution in [2.24, 2.45) is 0 Å². The van der Waals surface area contributed by atoms with Gasteiger partial charge in [-0.3, -0.25) is 14.7 Å². The van der Waals surface area contributed by atoms with Crippen LogP contribution in [0.4, 0.5) is 0 Å². The van der Waals surface area contributed by atoms with E-state index in [2.05, 4.69) is 15.5 Å². The maximum absolute atomic E-state index is 12.9. The number of ether oxygens (including phenoxy) is 1. The number of hydrogen-bond acceptors (Lipinski definition) is 4. The second-order valence-electron chi connectivity index (χ2n) is 7.05. The molecule has 2 N–H and O–H groups in total. The molecule has 2 atom stereocenters. The monoisotopic (exact) mass is 320 g/mol. The first-order valence-corrected chi connectivity index (χ1v) is 8.08. The lowest BCUT2D eigenvalue weighted by Gasteiger charge is -2.38. The van der Waals surface area contributed by atoms with E-state index >= 15 is 0 Å². The smallest absolute Gasteiger partial charge is 0.272 e. The number of likely N-dealkylation sites (tertiary alicyclic amines) is 1. The number of aromatic amines is 1. The van der Waals surface area contributed by atoms with Crippen LogP contribution >= 0.6 is 0 Å². The lowest BCUT2D eigenvalue weighted by atomic mass is 9.82. The number of amides is 2. The minimum atomic E-state index is -0.418. The lowest BCUT2D eigenvalue weighted by molar-refractivity contribution is -0.126. The van der Waals surface area contributed by atoms with E-state index in [1.807, 2.05) is 18.7 Å². The van der Waals surface area contributed by atoms with E-state index in [0.29, 0.717) is 12.2 Å². The SMILES string of the molecule is CNC(=O)C[C@@H]1OC(C)(C)C[C@]12CCCN2C(=O)c1ccn[nH]1. The third-order valence-electron chi connectivity index (χ3n) is 4.95. The lowest BCUT2D eigenvalue weighted by Crippen LogP contribution is -2.53. The van der Waals surface area contributed by atoms with Gasteiger partial charge >= 0.3 is 0 Å². The van der Waals surface area contributed by atoms with Gasteiger partial charge in [0.25, 0.3) is 5.91 Å². The summed E-state index contributed by atoms with van der Waals surface area (Å²) < 4.78 is 6.18. The fourth-order valence-electron chi connectivity index (χ4n) is 4.13. The maximum Gasteiger partial charge on any atom is 0.272 e. The predicted molar refractivity (Wildman–Crippen MR) is 83.8 cm³/mol. The molecule has 1 aromatic heterocycles. The minimum Gasteiger partial charge on any atom is -0.369 e. The molecule has 1 spiro atoms. The topological polar surface area (TPSA) is 87.3 Å². The Morgan fingerprint density at radius 2 is 2.30 bits per heavy atom. The Morgan fingerprint density at radius 3 is 2.96 bits per heavy atom. The highest BCUT2D eigenvalue weighted by molar-refractivity contribution is 5.93. The van der Waals surface area contributed by atoms with Crippen LogP contribution < -0.4 is 5.32 Å². The summed E-state index contributed by atoms with van der Waals surface area (Å²) in [6, 6.07) is 1.68. The number of rotatable bonds is 3. The summed E-state index contributed by atoms with van der Waals surface area (Å²) >= 11 is 0. The number of aromatic nitrogens is 2. The normalized spacial score (nSPS) is 29.2. The Balaban J connectivity index is 1.92. The molecule has 0 saturated carbocycles. The average molecular weight is 320 g/mol. The first-order chi connectivity index (χ1) is 10.9. The number of carbonyl (C=O) groups excluding carboxylic acids is 2. The van der Waals surface area contributed by atoms with E-state index in [-0.39, 0.29) is 29.9 Å². The van der Waals surface area contributed by atoms with Crippen molar-refractivity contribution in [1.82, 2.24) is 20.4 Å². The molecule has 3 heterocycles. The molecule has 2 aliphatic heterocycles. The van der Waals surface area contributed by atoms with Crippen molar-refractivity contribution in [3.8, 4) is 0 Å². The quantitative estimate of drug-likeness (QED) is 0.873. The third-order valence-corrected chi connectivity index (χ3v) is 4.95.